The Labute approximate surface area is 126 Å². The van der Waals surface area contributed by atoms with E-state index in [9.17, 15) is 0 Å². The van der Waals surface area contributed by atoms with Gasteiger partial charge in [0.15, 0.2) is 0 Å². The summed E-state index contributed by atoms with van der Waals surface area (Å²) < 4.78 is 12.6. The summed E-state index contributed by atoms with van der Waals surface area (Å²) in [6, 6.07) is 20.5. The van der Waals surface area contributed by atoms with Gasteiger partial charge in [-0.1, -0.05) is 80.4 Å². The highest BCUT2D eigenvalue weighted by molar-refractivity contribution is 5.34. The molecule has 0 amide bonds. The van der Waals surface area contributed by atoms with Crippen molar-refractivity contribution in [2.75, 3.05) is 6.61 Å². The second kappa shape index (κ2) is 6.42. The predicted molar refractivity (Wildman–Crippen MR) is 84.0 cm³/mol. The van der Waals surface area contributed by atoms with Crippen LogP contribution in [0.2, 0.25) is 0 Å². The lowest BCUT2D eigenvalue weighted by Crippen LogP contribution is -2.29. The molecule has 21 heavy (non-hydrogen) atoms. The molecule has 1 aliphatic heterocycles. The van der Waals surface area contributed by atoms with Crippen LogP contribution < -0.4 is 0 Å². The van der Waals surface area contributed by atoms with Gasteiger partial charge in [0.1, 0.15) is 0 Å². The van der Waals surface area contributed by atoms with E-state index in [1.807, 2.05) is 36.4 Å². The lowest BCUT2D eigenvalue weighted by molar-refractivity contribution is -0.143. The Morgan fingerprint density at radius 3 is 2.05 bits per heavy atom. The van der Waals surface area contributed by atoms with Crippen LogP contribution in [-0.4, -0.2) is 12.7 Å². The number of hydrogen-bond acceptors (Lipinski definition) is 2. The molecule has 1 unspecified atom stereocenters. The smallest absolute Gasteiger partial charge is 0.222 e. The van der Waals surface area contributed by atoms with Crippen molar-refractivity contribution in [3.8, 4) is 0 Å². The first-order valence-corrected chi connectivity index (χ1v) is 7.78. The van der Waals surface area contributed by atoms with Gasteiger partial charge in [0.25, 0.3) is 0 Å². The molecule has 2 aromatic carbocycles. The maximum Gasteiger partial charge on any atom is 0.222 e. The average molecular weight is 282 g/mol. The van der Waals surface area contributed by atoms with E-state index in [1.165, 1.54) is 12.8 Å². The molecule has 2 heteroatoms. The van der Waals surface area contributed by atoms with Crippen molar-refractivity contribution in [3.63, 3.8) is 0 Å². The van der Waals surface area contributed by atoms with Crippen LogP contribution in [-0.2, 0) is 15.3 Å². The standard InChI is InChI=1S/C19H22O2/c1-2-3-14-18-15-20-19(21-18,16-10-6-4-7-11-16)17-12-8-5-9-13-17/h4-13,18H,2-3,14-15H2,1H3. The summed E-state index contributed by atoms with van der Waals surface area (Å²) in [4.78, 5) is 0. The van der Waals surface area contributed by atoms with Crippen LogP contribution in [0.3, 0.4) is 0 Å². The molecule has 0 aliphatic carbocycles. The highest BCUT2D eigenvalue weighted by Crippen LogP contribution is 2.41. The van der Waals surface area contributed by atoms with Crippen molar-refractivity contribution in [2.24, 2.45) is 0 Å². The summed E-state index contributed by atoms with van der Waals surface area (Å²) in [6.07, 6.45) is 3.58. The van der Waals surface area contributed by atoms with Gasteiger partial charge in [0, 0.05) is 11.1 Å². The maximum absolute atomic E-state index is 6.40. The first-order chi connectivity index (χ1) is 10.3. The van der Waals surface area contributed by atoms with E-state index >= 15 is 0 Å². The molecule has 3 rings (SSSR count). The molecule has 1 aliphatic rings. The fraction of sp³-hybridized carbons (Fsp3) is 0.368. The quantitative estimate of drug-likeness (QED) is 0.804. The van der Waals surface area contributed by atoms with Gasteiger partial charge < -0.3 is 9.47 Å². The highest BCUT2D eigenvalue weighted by Gasteiger charge is 2.44. The minimum atomic E-state index is -0.749. The van der Waals surface area contributed by atoms with Gasteiger partial charge in [0.2, 0.25) is 5.79 Å². The molecule has 110 valence electrons. The van der Waals surface area contributed by atoms with Crippen molar-refractivity contribution in [3.05, 3.63) is 71.8 Å². The summed E-state index contributed by atoms with van der Waals surface area (Å²) in [5.74, 6) is -0.749. The minimum Gasteiger partial charge on any atom is -0.339 e. The zero-order valence-electron chi connectivity index (χ0n) is 12.5. The Bertz CT molecular complexity index is 511. The molecule has 1 fully saturated rings. The topological polar surface area (TPSA) is 18.5 Å². The third-order valence-electron chi connectivity index (χ3n) is 3.99. The van der Waals surface area contributed by atoms with Gasteiger partial charge in [-0.3, -0.25) is 0 Å². The van der Waals surface area contributed by atoms with E-state index < -0.39 is 5.79 Å². The van der Waals surface area contributed by atoms with Crippen LogP contribution in [0, 0.1) is 0 Å². The highest BCUT2D eigenvalue weighted by atomic mass is 16.7. The van der Waals surface area contributed by atoms with E-state index in [1.54, 1.807) is 0 Å². The van der Waals surface area contributed by atoms with Crippen LogP contribution >= 0.6 is 0 Å². The Morgan fingerprint density at radius 1 is 0.952 bits per heavy atom. The molecular weight excluding hydrogens is 260 g/mol. The number of unbranched alkanes of at least 4 members (excludes halogenated alkanes) is 1. The van der Waals surface area contributed by atoms with E-state index in [0.29, 0.717) is 6.61 Å². The van der Waals surface area contributed by atoms with Crippen molar-refractivity contribution in [1.82, 2.24) is 0 Å². The monoisotopic (exact) mass is 282 g/mol. The van der Waals surface area contributed by atoms with Crippen molar-refractivity contribution >= 4 is 0 Å². The lowest BCUT2D eigenvalue weighted by Gasteiger charge is -2.29. The molecule has 0 saturated carbocycles. The average Bonchev–Trinajstić information content (AvgIpc) is 3.00. The lowest BCUT2D eigenvalue weighted by atomic mass is 9.97. The summed E-state index contributed by atoms with van der Waals surface area (Å²) in [5, 5.41) is 0. The molecule has 1 atom stereocenters. The Kier molecular flexibility index (Phi) is 4.37. The molecule has 1 saturated heterocycles. The summed E-state index contributed by atoms with van der Waals surface area (Å²) in [5.41, 5.74) is 2.13. The Morgan fingerprint density at radius 2 is 1.52 bits per heavy atom. The Hall–Kier alpha value is -1.64. The van der Waals surface area contributed by atoms with Gasteiger partial charge in [-0.05, 0) is 6.42 Å². The van der Waals surface area contributed by atoms with Crippen molar-refractivity contribution in [2.45, 2.75) is 38.1 Å². The summed E-state index contributed by atoms with van der Waals surface area (Å²) in [7, 11) is 0. The minimum absolute atomic E-state index is 0.172. The molecule has 2 nitrogen and oxygen atoms in total. The third kappa shape index (κ3) is 2.87. The number of ether oxygens (including phenoxy) is 2. The number of rotatable bonds is 5. The van der Waals surface area contributed by atoms with E-state index in [-0.39, 0.29) is 6.10 Å². The van der Waals surface area contributed by atoms with E-state index in [0.717, 1.165) is 17.5 Å². The maximum atomic E-state index is 6.40. The van der Waals surface area contributed by atoms with Crippen LogP contribution in [0.4, 0.5) is 0 Å². The van der Waals surface area contributed by atoms with Gasteiger partial charge >= 0.3 is 0 Å². The molecule has 0 N–H and O–H groups in total. The van der Waals surface area contributed by atoms with E-state index in [2.05, 4.69) is 31.2 Å². The molecule has 0 spiro atoms. The predicted octanol–water partition coefficient (Wildman–Crippen LogP) is 4.49. The van der Waals surface area contributed by atoms with Crippen LogP contribution in [0.15, 0.2) is 60.7 Å². The van der Waals surface area contributed by atoms with E-state index in [4.69, 9.17) is 9.47 Å². The second-order valence-electron chi connectivity index (χ2n) is 5.54. The zero-order chi connectivity index (χ0) is 14.5. The third-order valence-corrected chi connectivity index (χ3v) is 3.99. The van der Waals surface area contributed by atoms with Gasteiger partial charge in [-0.15, -0.1) is 0 Å². The Balaban J connectivity index is 1.94. The molecule has 1 heterocycles. The number of hydrogen-bond donors (Lipinski definition) is 0. The summed E-state index contributed by atoms with van der Waals surface area (Å²) in [6.45, 7) is 2.86. The van der Waals surface area contributed by atoms with Crippen molar-refractivity contribution < 1.29 is 9.47 Å². The van der Waals surface area contributed by atoms with Gasteiger partial charge in [-0.2, -0.15) is 0 Å². The SMILES string of the molecule is CCCCC1COC(c2ccccc2)(c2ccccc2)O1. The normalized spacial score (nSPS) is 20.5. The summed E-state index contributed by atoms with van der Waals surface area (Å²) >= 11 is 0. The van der Waals surface area contributed by atoms with Crippen LogP contribution in [0.1, 0.15) is 37.3 Å². The number of benzene rings is 2. The first kappa shape index (κ1) is 14.3. The van der Waals surface area contributed by atoms with Crippen LogP contribution in [0.5, 0.6) is 0 Å². The van der Waals surface area contributed by atoms with Crippen LogP contribution in [0.25, 0.3) is 0 Å². The van der Waals surface area contributed by atoms with Gasteiger partial charge in [-0.25, -0.2) is 0 Å². The second-order valence-corrected chi connectivity index (χ2v) is 5.54. The molecular formula is C19H22O2. The first-order valence-electron chi connectivity index (χ1n) is 7.78. The van der Waals surface area contributed by atoms with Gasteiger partial charge in [0.05, 0.1) is 12.7 Å². The molecule has 0 aromatic heterocycles. The van der Waals surface area contributed by atoms with Crippen molar-refractivity contribution in [1.29, 1.82) is 0 Å². The zero-order valence-corrected chi connectivity index (χ0v) is 12.5. The largest absolute Gasteiger partial charge is 0.339 e. The fourth-order valence-electron chi connectivity index (χ4n) is 2.87. The molecule has 0 bridgehead atoms. The molecule has 0 radical (unpaired) electrons. The fourth-order valence-corrected chi connectivity index (χ4v) is 2.87. The molecule has 2 aromatic rings.